The zero-order chi connectivity index (χ0) is 18.0. The lowest BCUT2D eigenvalue weighted by Crippen LogP contribution is -2.64. The minimum Gasteiger partial charge on any atom is -0.495 e. The van der Waals surface area contributed by atoms with Crippen molar-refractivity contribution in [1.82, 2.24) is 4.90 Å². The Morgan fingerprint density at radius 2 is 1.77 bits per heavy atom. The van der Waals surface area contributed by atoms with Gasteiger partial charge in [-0.2, -0.15) is 0 Å². The van der Waals surface area contributed by atoms with Crippen molar-refractivity contribution in [3.8, 4) is 11.5 Å². The number of methoxy groups -OCH3 is 1. The fraction of sp³-hybridized carbons (Fsp3) is 0.350. The van der Waals surface area contributed by atoms with Crippen molar-refractivity contribution in [2.75, 3.05) is 44.8 Å². The zero-order valence-electron chi connectivity index (χ0n) is 14.8. The highest BCUT2D eigenvalue weighted by Crippen LogP contribution is 2.39. The number of anilines is 1. The molecule has 136 valence electrons. The second-order valence-electron chi connectivity index (χ2n) is 6.66. The number of benzene rings is 2. The van der Waals surface area contributed by atoms with Gasteiger partial charge < -0.3 is 24.0 Å². The van der Waals surface area contributed by atoms with Crippen LogP contribution in [0.4, 0.5) is 10.5 Å². The summed E-state index contributed by atoms with van der Waals surface area (Å²) < 4.78 is 16.8. The number of carbonyl (C=O) groups excluding carboxylic acids is 1. The van der Waals surface area contributed by atoms with Crippen molar-refractivity contribution in [2.45, 2.75) is 5.60 Å². The van der Waals surface area contributed by atoms with E-state index in [4.69, 9.17) is 14.2 Å². The van der Waals surface area contributed by atoms with Gasteiger partial charge in [0.2, 0.25) is 0 Å². The molecule has 2 heterocycles. The molecule has 0 aliphatic carbocycles. The van der Waals surface area contributed by atoms with Crippen LogP contribution in [0.2, 0.25) is 0 Å². The third-order valence-corrected chi connectivity index (χ3v) is 4.80. The standard InChI is InChI=1S/C20H22N2O4/c1-24-18-10-6-5-9-17(18)22-14-20(15-22)13-21(19(23)26-20)11-12-25-16-7-3-2-4-8-16/h2-10H,11-15H2,1H3. The topological polar surface area (TPSA) is 51.2 Å². The third-order valence-electron chi connectivity index (χ3n) is 4.80. The molecule has 0 radical (unpaired) electrons. The molecule has 0 bridgehead atoms. The minimum absolute atomic E-state index is 0.263. The Hall–Kier alpha value is -2.89. The van der Waals surface area contributed by atoms with E-state index in [-0.39, 0.29) is 6.09 Å². The lowest BCUT2D eigenvalue weighted by Gasteiger charge is -2.47. The maximum Gasteiger partial charge on any atom is 0.410 e. The summed E-state index contributed by atoms with van der Waals surface area (Å²) in [5.74, 6) is 1.64. The van der Waals surface area contributed by atoms with E-state index in [2.05, 4.69) is 4.90 Å². The van der Waals surface area contributed by atoms with E-state index < -0.39 is 5.60 Å². The van der Waals surface area contributed by atoms with E-state index in [1.54, 1.807) is 12.0 Å². The zero-order valence-corrected chi connectivity index (χ0v) is 14.8. The summed E-state index contributed by atoms with van der Waals surface area (Å²) in [6, 6.07) is 17.5. The molecule has 4 rings (SSSR count). The van der Waals surface area contributed by atoms with Gasteiger partial charge in [-0.25, -0.2) is 4.79 Å². The highest BCUT2D eigenvalue weighted by molar-refractivity contribution is 5.72. The molecule has 0 saturated carbocycles. The molecule has 0 aromatic heterocycles. The monoisotopic (exact) mass is 354 g/mol. The number of carbonyl (C=O) groups is 1. The van der Waals surface area contributed by atoms with E-state index in [1.165, 1.54) is 0 Å². The van der Waals surface area contributed by atoms with Crippen LogP contribution in [0.25, 0.3) is 0 Å². The predicted octanol–water partition coefficient (Wildman–Crippen LogP) is 2.79. The molecule has 0 N–H and O–H groups in total. The molecule has 6 nitrogen and oxygen atoms in total. The highest BCUT2D eigenvalue weighted by atomic mass is 16.6. The third kappa shape index (κ3) is 3.14. The van der Waals surface area contributed by atoms with Crippen molar-refractivity contribution in [3.63, 3.8) is 0 Å². The quantitative estimate of drug-likeness (QED) is 0.798. The molecule has 2 saturated heterocycles. The Morgan fingerprint density at radius 3 is 2.54 bits per heavy atom. The van der Waals surface area contributed by atoms with Crippen molar-refractivity contribution in [3.05, 3.63) is 54.6 Å². The smallest absolute Gasteiger partial charge is 0.410 e. The number of amides is 1. The second kappa shape index (κ2) is 6.78. The average Bonchev–Trinajstić information content (AvgIpc) is 2.98. The van der Waals surface area contributed by atoms with Crippen LogP contribution in [0.1, 0.15) is 0 Å². The van der Waals surface area contributed by atoms with E-state index in [0.29, 0.717) is 32.8 Å². The lowest BCUT2D eigenvalue weighted by molar-refractivity contribution is 0.0330. The first-order valence-electron chi connectivity index (χ1n) is 8.73. The van der Waals surface area contributed by atoms with Gasteiger partial charge in [0.15, 0.2) is 5.60 Å². The summed E-state index contributed by atoms with van der Waals surface area (Å²) in [6.45, 7) is 2.91. The van der Waals surface area contributed by atoms with E-state index in [1.807, 2.05) is 54.6 Å². The van der Waals surface area contributed by atoms with Crippen molar-refractivity contribution in [2.24, 2.45) is 0 Å². The van der Waals surface area contributed by atoms with Gasteiger partial charge in [0, 0.05) is 0 Å². The maximum atomic E-state index is 12.2. The summed E-state index contributed by atoms with van der Waals surface area (Å²) in [5, 5.41) is 0. The molecule has 2 aromatic rings. The van der Waals surface area contributed by atoms with Gasteiger partial charge in [-0.05, 0) is 24.3 Å². The van der Waals surface area contributed by atoms with E-state index >= 15 is 0 Å². The maximum absolute atomic E-state index is 12.2. The lowest BCUT2D eigenvalue weighted by atomic mass is 9.93. The van der Waals surface area contributed by atoms with Gasteiger partial charge in [-0.15, -0.1) is 0 Å². The van der Waals surface area contributed by atoms with E-state index in [9.17, 15) is 4.79 Å². The van der Waals surface area contributed by atoms with Crippen LogP contribution < -0.4 is 14.4 Å². The summed E-state index contributed by atoms with van der Waals surface area (Å²) in [5.41, 5.74) is 0.604. The molecule has 2 aliphatic heterocycles. The molecule has 1 amide bonds. The summed E-state index contributed by atoms with van der Waals surface area (Å²) in [7, 11) is 1.67. The first-order chi connectivity index (χ1) is 12.7. The minimum atomic E-state index is -0.426. The van der Waals surface area contributed by atoms with Gasteiger partial charge in [0.1, 0.15) is 18.1 Å². The van der Waals surface area contributed by atoms with Crippen molar-refractivity contribution < 1.29 is 19.0 Å². The number of ether oxygens (including phenoxy) is 3. The van der Waals surface area contributed by atoms with Crippen LogP contribution in [0.5, 0.6) is 11.5 Å². The van der Waals surface area contributed by atoms with Crippen LogP contribution in [0, 0.1) is 0 Å². The molecule has 2 fully saturated rings. The Morgan fingerprint density at radius 1 is 1.04 bits per heavy atom. The van der Waals surface area contributed by atoms with Crippen LogP contribution >= 0.6 is 0 Å². The van der Waals surface area contributed by atoms with Crippen LogP contribution in [-0.4, -0.2) is 56.5 Å². The number of hydrogen-bond donors (Lipinski definition) is 0. The van der Waals surface area contributed by atoms with Crippen LogP contribution in [0.15, 0.2) is 54.6 Å². The van der Waals surface area contributed by atoms with Crippen LogP contribution in [-0.2, 0) is 4.74 Å². The fourth-order valence-corrected chi connectivity index (χ4v) is 3.53. The largest absolute Gasteiger partial charge is 0.495 e. The molecule has 2 aromatic carbocycles. The Bertz CT molecular complexity index is 774. The number of hydrogen-bond acceptors (Lipinski definition) is 5. The number of para-hydroxylation sites is 3. The fourth-order valence-electron chi connectivity index (χ4n) is 3.53. The summed E-state index contributed by atoms with van der Waals surface area (Å²) in [4.78, 5) is 16.1. The Kier molecular flexibility index (Phi) is 4.32. The normalized spacial score (nSPS) is 17.8. The van der Waals surface area contributed by atoms with Gasteiger partial charge in [0.25, 0.3) is 0 Å². The van der Waals surface area contributed by atoms with Gasteiger partial charge in [0.05, 0.1) is 39.0 Å². The second-order valence-corrected chi connectivity index (χ2v) is 6.66. The molecule has 6 heteroatoms. The SMILES string of the molecule is COc1ccccc1N1CC2(CN(CCOc3ccccc3)C(=O)O2)C1. The summed E-state index contributed by atoms with van der Waals surface area (Å²) in [6.07, 6.45) is -0.263. The molecular formula is C20H22N2O4. The molecule has 0 atom stereocenters. The Labute approximate surface area is 152 Å². The van der Waals surface area contributed by atoms with Gasteiger partial charge >= 0.3 is 6.09 Å². The van der Waals surface area contributed by atoms with E-state index in [0.717, 1.165) is 17.2 Å². The van der Waals surface area contributed by atoms with Crippen LogP contribution in [0.3, 0.4) is 0 Å². The average molecular weight is 354 g/mol. The highest BCUT2D eigenvalue weighted by Gasteiger charge is 2.53. The molecule has 1 spiro atoms. The molecular weight excluding hydrogens is 332 g/mol. The Balaban J connectivity index is 1.31. The number of rotatable bonds is 6. The molecule has 26 heavy (non-hydrogen) atoms. The van der Waals surface area contributed by atoms with Gasteiger partial charge in [-0.1, -0.05) is 30.3 Å². The molecule has 2 aliphatic rings. The van der Waals surface area contributed by atoms with Gasteiger partial charge in [-0.3, -0.25) is 0 Å². The van der Waals surface area contributed by atoms with Crippen molar-refractivity contribution in [1.29, 1.82) is 0 Å². The summed E-state index contributed by atoms with van der Waals surface area (Å²) >= 11 is 0. The molecule has 0 unspecified atom stereocenters. The predicted molar refractivity (Wildman–Crippen MR) is 97.9 cm³/mol. The first-order valence-corrected chi connectivity index (χ1v) is 8.73. The first kappa shape index (κ1) is 16.6. The van der Waals surface area contributed by atoms with Crippen molar-refractivity contribution >= 4 is 11.8 Å². The number of nitrogens with zero attached hydrogens (tertiary/aromatic N) is 2.